The molecule has 130 valence electrons. The first kappa shape index (κ1) is 18.5. The number of fused-ring (bicyclic) bond motifs is 1. The molecule has 0 N–H and O–H groups in total. The minimum atomic E-state index is -0.818. The summed E-state index contributed by atoms with van der Waals surface area (Å²) in [6, 6.07) is 5.29. The summed E-state index contributed by atoms with van der Waals surface area (Å²) in [4.78, 5) is 37.8. The molecule has 0 spiro atoms. The largest absolute Gasteiger partial charge is 0.453 e. The summed E-state index contributed by atoms with van der Waals surface area (Å²) in [6.45, 7) is 5.68. The number of Topliss-reactive ketones (excluding diaryl/α,β-unsaturated/α-hetero) is 1. The molecule has 6 heteroatoms. The minimum Gasteiger partial charge on any atom is -0.453 e. The summed E-state index contributed by atoms with van der Waals surface area (Å²) in [6.07, 6.45) is 2.43. The average molecular weight is 349 g/mol. The summed E-state index contributed by atoms with van der Waals surface area (Å²) in [7, 11) is 0. The standard InChI is InChI=1S/C18H23NO4S/c1-5-16(24-4)18(22)23-11(2)17(21)14-6-7-15-13(10-14)8-9-19(15)12(3)20/h6-7,10-11,16H,5,8-9H2,1-4H3/t11-,16-/m0/s1. The third kappa shape index (κ3) is 3.80. The molecule has 0 bridgehead atoms. The van der Waals surface area contributed by atoms with Crippen molar-refractivity contribution in [2.45, 2.75) is 45.0 Å². The maximum Gasteiger partial charge on any atom is 0.319 e. The fourth-order valence-corrected chi connectivity index (χ4v) is 3.43. The Morgan fingerprint density at radius 3 is 2.62 bits per heavy atom. The maximum atomic E-state index is 12.5. The van der Waals surface area contributed by atoms with Gasteiger partial charge in [-0.05, 0) is 49.8 Å². The third-order valence-corrected chi connectivity index (χ3v) is 5.31. The van der Waals surface area contributed by atoms with Crippen LogP contribution in [0, 0.1) is 0 Å². The van der Waals surface area contributed by atoms with Gasteiger partial charge < -0.3 is 9.64 Å². The van der Waals surface area contributed by atoms with Crippen LogP contribution in [0.4, 0.5) is 5.69 Å². The number of thioether (sulfide) groups is 1. The van der Waals surface area contributed by atoms with Crippen molar-refractivity contribution in [3.05, 3.63) is 29.3 Å². The van der Waals surface area contributed by atoms with Crippen LogP contribution in [0.3, 0.4) is 0 Å². The van der Waals surface area contributed by atoms with E-state index in [1.54, 1.807) is 30.0 Å². The summed E-state index contributed by atoms with van der Waals surface area (Å²) in [5, 5.41) is -0.246. The number of carbonyl (C=O) groups is 3. The van der Waals surface area contributed by atoms with E-state index in [-0.39, 0.29) is 22.9 Å². The molecule has 1 aromatic rings. The van der Waals surface area contributed by atoms with E-state index >= 15 is 0 Å². The second-order valence-electron chi connectivity index (χ2n) is 5.84. The Morgan fingerprint density at radius 1 is 1.33 bits per heavy atom. The van der Waals surface area contributed by atoms with Crippen molar-refractivity contribution in [2.75, 3.05) is 17.7 Å². The Labute approximate surface area is 146 Å². The Bertz CT molecular complexity index is 654. The molecule has 5 nitrogen and oxygen atoms in total. The fourth-order valence-electron chi connectivity index (χ4n) is 2.85. The lowest BCUT2D eigenvalue weighted by atomic mass is 10.0. The number of amides is 1. The van der Waals surface area contributed by atoms with Gasteiger partial charge in [0.15, 0.2) is 6.10 Å². The number of anilines is 1. The smallest absolute Gasteiger partial charge is 0.319 e. The number of hydrogen-bond acceptors (Lipinski definition) is 5. The van der Waals surface area contributed by atoms with E-state index in [0.29, 0.717) is 18.5 Å². The first-order chi connectivity index (χ1) is 11.4. The van der Waals surface area contributed by atoms with Crippen LogP contribution in [0.15, 0.2) is 18.2 Å². The predicted molar refractivity (Wildman–Crippen MR) is 95.7 cm³/mol. The van der Waals surface area contributed by atoms with Crippen LogP contribution in [0.2, 0.25) is 0 Å². The number of esters is 1. The van der Waals surface area contributed by atoms with E-state index in [1.807, 2.05) is 13.2 Å². The number of ether oxygens (including phenoxy) is 1. The van der Waals surface area contributed by atoms with Gasteiger partial charge in [-0.25, -0.2) is 0 Å². The molecule has 0 aliphatic carbocycles. The predicted octanol–water partition coefficient (Wildman–Crippen LogP) is 2.85. The van der Waals surface area contributed by atoms with E-state index in [1.165, 1.54) is 18.7 Å². The van der Waals surface area contributed by atoms with Gasteiger partial charge in [-0.3, -0.25) is 14.4 Å². The average Bonchev–Trinajstić information content (AvgIpc) is 2.98. The Hall–Kier alpha value is -1.82. The zero-order chi connectivity index (χ0) is 17.9. The van der Waals surface area contributed by atoms with E-state index in [0.717, 1.165) is 17.7 Å². The van der Waals surface area contributed by atoms with Crippen LogP contribution < -0.4 is 4.90 Å². The van der Waals surface area contributed by atoms with Crippen LogP contribution in [0.1, 0.15) is 43.1 Å². The van der Waals surface area contributed by atoms with Crippen molar-refractivity contribution >= 4 is 35.1 Å². The van der Waals surface area contributed by atoms with Crippen LogP contribution in [0.25, 0.3) is 0 Å². The van der Waals surface area contributed by atoms with Gasteiger partial charge in [0.1, 0.15) is 5.25 Å². The lowest BCUT2D eigenvalue weighted by Crippen LogP contribution is -2.29. The van der Waals surface area contributed by atoms with Gasteiger partial charge in [-0.1, -0.05) is 6.92 Å². The molecular formula is C18H23NO4S. The Morgan fingerprint density at radius 2 is 2.04 bits per heavy atom. The first-order valence-corrected chi connectivity index (χ1v) is 9.36. The topological polar surface area (TPSA) is 63.7 Å². The van der Waals surface area contributed by atoms with Gasteiger partial charge >= 0.3 is 5.97 Å². The summed E-state index contributed by atoms with van der Waals surface area (Å²) < 4.78 is 5.32. The molecular weight excluding hydrogens is 326 g/mol. The molecule has 1 amide bonds. The summed E-state index contributed by atoms with van der Waals surface area (Å²) >= 11 is 1.42. The van der Waals surface area contributed by atoms with E-state index in [9.17, 15) is 14.4 Å². The molecule has 0 fully saturated rings. The van der Waals surface area contributed by atoms with Crippen molar-refractivity contribution in [2.24, 2.45) is 0 Å². The molecule has 2 atom stereocenters. The number of carbonyl (C=O) groups excluding carboxylic acids is 3. The Balaban J connectivity index is 2.10. The number of benzene rings is 1. The van der Waals surface area contributed by atoms with Gasteiger partial charge in [0.2, 0.25) is 11.7 Å². The number of rotatable bonds is 6. The molecule has 0 radical (unpaired) electrons. The SMILES string of the molecule is CC[C@H](SC)C(=O)O[C@@H](C)C(=O)c1ccc2c(c1)CCN2C(C)=O. The lowest BCUT2D eigenvalue weighted by molar-refractivity contribution is -0.145. The highest BCUT2D eigenvalue weighted by Gasteiger charge is 2.27. The maximum absolute atomic E-state index is 12.5. The highest BCUT2D eigenvalue weighted by Crippen LogP contribution is 2.29. The molecule has 1 aromatic carbocycles. The van der Waals surface area contributed by atoms with Crippen LogP contribution in [-0.2, 0) is 20.7 Å². The Kier molecular flexibility index (Phi) is 6.04. The quantitative estimate of drug-likeness (QED) is 0.584. The van der Waals surface area contributed by atoms with Gasteiger partial charge in [-0.2, -0.15) is 11.8 Å². The molecule has 1 aliphatic rings. The number of hydrogen-bond donors (Lipinski definition) is 0. The van der Waals surface area contributed by atoms with Gasteiger partial charge in [0.25, 0.3) is 0 Å². The molecule has 1 heterocycles. The van der Waals surface area contributed by atoms with Crippen molar-refractivity contribution in [1.82, 2.24) is 0 Å². The molecule has 0 saturated carbocycles. The molecule has 0 unspecified atom stereocenters. The van der Waals surface area contributed by atoms with Gasteiger partial charge in [0, 0.05) is 24.7 Å². The second kappa shape index (κ2) is 7.83. The van der Waals surface area contributed by atoms with Crippen molar-refractivity contribution in [1.29, 1.82) is 0 Å². The normalized spacial score (nSPS) is 15.6. The monoisotopic (exact) mass is 349 g/mol. The van der Waals surface area contributed by atoms with Crippen LogP contribution >= 0.6 is 11.8 Å². The zero-order valence-corrected chi connectivity index (χ0v) is 15.3. The van der Waals surface area contributed by atoms with Crippen LogP contribution in [0.5, 0.6) is 0 Å². The van der Waals surface area contributed by atoms with Crippen LogP contribution in [-0.4, -0.2) is 41.8 Å². The number of nitrogens with zero attached hydrogens (tertiary/aromatic N) is 1. The molecule has 1 aliphatic heterocycles. The lowest BCUT2D eigenvalue weighted by Gasteiger charge is -2.17. The molecule has 2 rings (SSSR count). The first-order valence-electron chi connectivity index (χ1n) is 8.07. The fraction of sp³-hybridized carbons (Fsp3) is 0.500. The summed E-state index contributed by atoms with van der Waals surface area (Å²) in [5.74, 6) is -0.573. The molecule has 0 aromatic heterocycles. The molecule has 24 heavy (non-hydrogen) atoms. The van der Waals surface area contributed by atoms with Gasteiger partial charge in [-0.15, -0.1) is 0 Å². The van der Waals surface area contributed by atoms with E-state index in [2.05, 4.69) is 0 Å². The second-order valence-corrected chi connectivity index (χ2v) is 6.88. The van der Waals surface area contributed by atoms with Crippen molar-refractivity contribution in [3.8, 4) is 0 Å². The van der Waals surface area contributed by atoms with E-state index < -0.39 is 6.10 Å². The molecule has 0 saturated heterocycles. The zero-order valence-electron chi connectivity index (χ0n) is 14.5. The van der Waals surface area contributed by atoms with E-state index in [4.69, 9.17) is 4.74 Å². The highest BCUT2D eigenvalue weighted by atomic mass is 32.2. The van der Waals surface area contributed by atoms with Crippen molar-refractivity contribution < 1.29 is 19.1 Å². The third-order valence-electron chi connectivity index (χ3n) is 4.22. The number of ketones is 1. The summed E-state index contributed by atoms with van der Waals surface area (Å²) in [5.41, 5.74) is 2.35. The highest BCUT2D eigenvalue weighted by molar-refractivity contribution is 7.99. The van der Waals surface area contributed by atoms with Crippen molar-refractivity contribution in [3.63, 3.8) is 0 Å². The minimum absolute atomic E-state index is 0.00204. The van der Waals surface area contributed by atoms with Gasteiger partial charge in [0.05, 0.1) is 0 Å².